The Morgan fingerprint density at radius 1 is 1.24 bits per heavy atom. The maximum absolute atomic E-state index is 4.68. The fraction of sp³-hybridized carbons (Fsp3) is 0.600. The van der Waals surface area contributed by atoms with E-state index in [9.17, 15) is 0 Å². The normalized spacial score (nSPS) is 15.3. The predicted octanol–water partition coefficient (Wildman–Crippen LogP) is 2.75. The van der Waals surface area contributed by atoms with Crippen LogP contribution in [0.4, 0.5) is 0 Å². The molecule has 6 heteroatoms. The summed E-state index contributed by atoms with van der Waals surface area (Å²) < 4.78 is 4.01. The summed E-state index contributed by atoms with van der Waals surface area (Å²) in [6.07, 6.45) is 9.44. The minimum Gasteiger partial charge on any atom is -0.307 e. The molecule has 2 aromatic rings. The molecule has 3 rings (SSSR count). The molecule has 0 unspecified atom stereocenters. The zero-order chi connectivity index (χ0) is 13.9. The van der Waals surface area contributed by atoms with Gasteiger partial charge in [0.1, 0.15) is 0 Å². The van der Waals surface area contributed by atoms with Crippen LogP contribution in [0.2, 0.25) is 0 Å². The van der Waals surface area contributed by atoms with Gasteiger partial charge in [0.15, 0.2) is 0 Å². The monoisotopic (exact) mass is 309 g/mol. The van der Waals surface area contributed by atoms with E-state index in [-0.39, 0.29) is 12.4 Å². The Kier molecular flexibility index (Phi) is 5.42. The Morgan fingerprint density at radius 2 is 2.00 bits per heavy atom. The van der Waals surface area contributed by atoms with Gasteiger partial charge in [-0.1, -0.05) is 12.8 Å². The number of rotatable bonds is 5. The van der Waals surface area contributed by atoms with Crippen molar-refractivity contribution in [3.8, 4) is 0 Å². The van der Waals surface area contributed by atoms with Gasteiger partial charge in [-0.15, -0.1) is 12.4 Å². The number of nitrogens with one attached hydrogen (secondary N) is 1. The van der Waals surface area contributed by atoms with Crippen molar-refractivity contribution in [1.29, 1.82) is 0 Å². The van der Waals surface area contributed by atoms with Gasteiger partial charge in [-0.05, 0) is 25.8 Å². The molecular weight excluding hydrogens is 286 g/mol. The van der Waals surface area contributed by atoms with Crippen LogP contribution in [0.5, 0.6) is 0 Å². The van der Waals surface area contributed by atoms with Crippen LogP contribution < -0.4 is 5.32 Å². The van der Waals surface area contributed by atoms with Crippen LogP contribution >= 0.6 is 12.4 Å². The van der Waals surface area contributed by atoms with Gasteiger partial charge in [-0.25, -0.2) is 0 Å². The third-order valence-corrected chi connectivity index (χ3v) is 4.11. The van der Waals surface area contributed by atoms with Crippen molar-refractivity contribution in [1.82, 2.24) is 24.9 Å². The molecule has 5 nitrogen and oxygen atoms in total. The van der Waals surface area contributed by atoms with Gasteiger partial charge in [0.25, 0.3) is 0 Å². The van der Waals surface area contributed by atoms with E-state index in [1.807, 2.05) is 24.0 Å². The summed E-state index contributed by atoms with van der Waals surface area (Å²) in [4.78, 5) is 0. The van der Waals surface area contributed by atoms with Crippen LogP contribution in [-0.2, 0) is 20.1 Å². The average molecular weight is 310 g/mol. The van der Waals surface area contributed by atoms with E-state index in [1.165, 1.54) is 31.2 Å². The topological polar surface area (TPSA) is 47.7 Å². The summed E-state index contributed by atoms with van der Waals surface area (Å²) in [5.74, 6) is 0. The van der Waals surface area contributed by atoms with Gasteiger partial charge >= 0.3 is 0 Å². The molecule has 1 aliphatic carbocycles. The van der Waals surface area contributed by atoms with Crippen molar-refractivity contribution in [2.45, 2.75) is 51.7 Å². The number of aromatic nitrogens is 4. The number of hydrogen-bond donors (Lipinski definition) is 1. The molecule has 0 bridgehead atoms. The Bertz CT molecular complexity index is 568. The molecule has 0 atom stereocenters. The molecule has 1 saturated carbocycles. The van der Waals surface area contributed by atoms with E-state index in [0.29, 0.717) is 6.04 Å². The first-order valence-electron chi connectivity index (χ1n) is 7.46. The van der Waals surface area contributed by atoms with Gasteiger partial charge in [-0.2, -0.15) is 10.2 Å². The maximum atomic E-state index is 4.68. The van der Waals surface area contributed by atoms with Crippen molar-refractivity contribution in [3.05, 3.63) is 35.4 Å². The fourth-order valence-corrected chi connectivity index (χ4v) is 2.93. The maximum Gasteiger partial charge on any atom is 0.0762 e. The highest BCUT2D eigenvalue weighted by atomic mass is 35.5. The summed E-state index contributed by atoms with van der Waals surface area (Å²) >= 11 is 0. The van der Waals surface area contributed by atoms with Crippen molar-refractivity contribution in [2.75, 3.05) is 0 Å². The van der Waals surface area contributed by atoms with Gasteiger partial charge in [-0.3, -0.25) is 9.36 Å². The second-order valence-corrected chi connectivity index (χ2v) is 5.74. The van der Waals surface area contributed by atoms with Crippen molar-refractivity contribution >= 4 is 12.4 Å². The lowest BCUT2D eigenvalue weighted by Crippen LogP contribution is -2.13. The lowest BCUT2D eigenvalue weighted by Gasteiger charge is -2.08. The van der Waals surface area contributed by atoms with E-state index < -0.39 is 0 Å². The van der Waals surface area contributed by atoms with E-state index >= 15 is 0 Å². The molecule has 21 heavy (non-hydrogen) atoms. The van der Waals surface area contributed by atoms with Gasteiger partial charge in [0.2, 0.25) is 0 Å². The molecule has 1 aliphatic rings. The summed E-state index contributed by atoms with van der Waals surface area (Å²) in [5.41, 5.74) is 3.52. The van der Waals surface area contributed by atoms with E-state index in [4.69, 9.17) is 0 Å². The quantitative estimate of drug-likeness (QED) is 0.924. The van der Waals surface area contributed by atoms with Crippen molar-refractivity contribution in [3.63, 3.8) is 0 Å². The molecule has 2 aromatic heterocycles. The lowest BCUT2D eigenvalue weighted by molar-refractivity contribution is 0.464. The second kappa shape index (κ2) is 7.09. The second-order valence-electron chi connectivity index (χ2n) is 5.74. The zero-order valence-electron chi connectivity index (χ0n) is 12.7. The predicted molar refractivity (Wildman–Crippen MR) is 85.5 cm³/mol. The molecule has 116 valence electrons. The third-order valence-electron chi connectivity index (χ3n) is 4.11. The standard InChI is InChI=1S/C15H23N5.ClH/c1-12-13(9-16-10-14-7-8-19(2)18-14)11-20(17-12)15-5-3-4-6-15;/h7-8,11,15-16H,3-6,9-10H2,1-2H3;1H. The number of aryl methyl sites for hydroxylation is 2. The first kappa shape index (κ1) is 16.0. The fourth-order valence-electron chi connectivity index (χ4n) is 2.93. The SMILES string of the molecule is Cc1nn(C2CCCC2)cc1CNCc1ccn(C)n1.Cl. The van der Waals surface area contributed by atoms with Crippen LogP contribution in [-0.4, -0.2) is 19.6 Å². The highest BCUT2D eigenvalue weighted by Crippen LogP contribution is 2.29. The van der Waals surface area contributed by atoms with E-state index in [1.54, 1.807) is 0 Å². The first-order chi connectivity index (χ1) is 9.72. The minimum absolute atomic E-state index is 0. The number of hydrogen-bond acceptors (Lipinski definition) is 3. The van der Waals surface area contributed by atoms with Crippen LogP contribution in [0.3, 0.4) is 0 Å². The first-order valence-corrected chi connectivity index (χ1v) is 7.46. The largest absolute Gasteiger partial charge is 0.307 e. The third kappa shape index (κ3) is 3.86. The zero-order valence-corrected chi connectivity index (χ0v) is 13.6. The smallest absolute Gasteiger partial charge is 0.0762 e. The molecule has 2 heterocycles. The Morgan fingerprint density at radius 3 is 2.67 bits per heavy atom. The average Bonchev–Trinajstić information content (AvgIpc) is 3.12. The molecule has 0 amide bonds. The summed E-state index contributed by atoms with van der Waals surface area (Å²) in [7, 11) is 1.94. The van der Waals surface area contributed by atoms with Crippen molar-refractivity contribution < 1.29 is 0 Å². The van der Waals surface area contributed by atoms with E-state index in [0.717, 1.165) is 24.5 Å². The highest BCUT2D eigenvalue weighted by molar-refractivity contribution is 5.85. The Balaban J connectivity index is 0.00000161. The minimum atomic E-state index is 0. The van der Waals surface area contributed by atoms with Gasteiger partial charge in [0.05, 0.1) is 17.4 Å². The summed E-state index contributed by atoms with van der Waals surface area (Å²) in [5, 5.41) is 12.5. The van der Waals surface area contributed by atoms with Gasteiger partial charge in [0, 0.05) is 38.1 Å². The van der Waals surface area contributed by atoms with Crippen LogP contribution in [0.1, 0.15) is 48.7 Å². The number of nitrogens with zero attached hydrogens (tertiary/aromatic N) is 4. The number of halogens is 1. The summed E-state index contributed by atoms with van der Waals surface area (Å²) in [6.45, 7) is 3.76. The van der Waals surface area contributed by atoms with Crippen LogP contribution in [0.25, 0.3) is 0 Å². The molecular formula is C15H24ClN5. The lowest BCUT2D eigenvalue weighted by atomic mass is 10.2. The van der Waals surface area contributed by atoms with Crippen LogP contribution in [0.15, 0.2) is 18.5 Å². The summed E-state index contributed by atoms with van der Waals surface area (Å²) in [6, 6.07) is 2.67. The molecule has 0 aromatic carbocycles. The molecule has 0 radical (unpaired) electrons. The Hall–Kier alpha value is -1.33. The van der Waals surface area contributed by atoms with E-state index in [2.05, 4.69) is 33.3 Å². The van der Waals surface area contributed by atoms with Crippen molar-refractivity contribution in [2.24, 2.45) is 7.05 Å². The van der Waals surface area contributed by atoms with Gasteiger partial charge < -0.3 is 5.32 Å². The molecule has 1 fully saturated rings. The van der Waals surface area contributed by atoms with Crippen LogP contribution in [0, 0.1) is 6.92 Å². The molecule has 0 spiro atoms. The molecule has 1 N–H and O–H groups in total. The Labute approximate surface area is 132 Å². The highest BCUT2D eigenvalue weighted by Gasteiger charge is 2.18. The molecule has 0 saturated heterocycles. The molecule has 0 aliphatic heterocycles.